The van der Waals surface area contributed by atoms with E-state index in [1.165, 1.54) is 6.42 Å². The zero-order chi connectivity index (χ0) is 19.5. The Bertz CT molecular complexity index is 872. The summed E-state index contributed by atoms with van der Waals surface area (Å²) in [5, 5.41) is 3.36. The number of aryl methyl sites for hydroxylation is 1. The molecule has 150 valence electrons. The summed E-state index contributed by atoms with van der Waals surface area (Å²) in [5.41, 5.74) is 3.27. The van der Waals surface area contributed by atoms with Crippen LogP contribution in [0.5, 0.6) is 0 Å². The van der Waals surface area contributed by atoms with Crippen LogP contribution in [0.25, 0.3) is 5.65 Å². The lowest BCUT2D eigenvalue weighted by molar-refractivity contribution is 0.0717. The van der Waals surface area contributed by atoms with E-state index in [-0.39, 0.29) is 12.0 Å². The Labute approximate surface area is 164 Å². The maximum absolute atomic E-state index is 13.1. The molecule has 0 aliphatic carbocycles. The van der Waals surface area contributed by atoms with Gasteiger partial charge in [0.2, 0.25) is 0 Å². The second-order valence-electron chi connectivity index (χ2n) is 7.42. The highest BCUT2D eigenvalue weighted by Gasteiger charge is 2.26. The monoisotopic (exact) mass is 385 g/mol. The van der Waals surface area contributed by atoms with Gasteiger partial charge in [-0.3, -0.25) is 4.79 Å². The van der Waals surface area contributed by atoms with Crippen molar-refractivity contribution in [3.8, 4) is 0 Å². The second kappa shape index (κ2) is 8.18. The van der Waals surface area contributed by atoms with Gasteiger partial charge in [-0.25, -0.2) is 9.78 Å². The maximum Gasteiger partial charge on any atom is 0.409 e. The van der Waals surface area contributed by atoms with Crippen LogP contribution in [0.1, 0.15) is 41.0 Å². The molecule has 2 aliphatic heterocycles. The summed E-state index contributed by atoms with van der Waals surface area (Å²) < 4.78 is 6.96. The fraction of sp³-hybridized carbons (Fsp3) is 0.550. The molecule has 0 bridgehead atoms. The van der Waals surface area contributed by atoms with E-state index in [0.717, 1.165) is 42.8 Å². The zero-order valence-corrected chi connectivity index (χ0v) is 16.3. The highest BCUT2D eigenvalue weighted by Crippen LogP contribution is 2.20. The fourth-order valence-corrected chi connectivity index (χ4v) is 3.89. The van der Waals surface area contributed by atoms with E-state index in [0.29, 0.717) is 38.5 Å². The Morgan fingerprint density at radius 2 is 2.07 bits per heavy atom. The number of rotatable bonds is 6. The number of hydrogen-bond donors (Lipinski definition) is 1. The van der Waals surface area contributed by atoms with Gasteiger partial charge in [0, 0.05) is 38.9 Å². The predicted octanol–water partition coefficient (Wildman–Crippen LogP) is 1.81. The number of ether oxygens (including phenoxy) is 1. The van der Waals surface area contributed by atoms with E-state index in [1.807, 2.05) is 34.6 Å². The lowest BCUT2D eigenvalue weighted by atomic mass is 10.1. The summed E-state index contributed by atoms with van der Waals surface area (Å²) >= 11 is 0. The average Bonchev–Trinajstić information content (AvgIpc) is 3.30. The number of pyridine rings is 1. The van der Waals surface area contributed by atoms with Crippen molar-refractivity contribution in [2.45, 2.75) is 32.7 Å². The molecule has 8 heteroatoms. The van der Waals surface area contributed by atoms with E-state index in [9.17, 15) is 9.59 Å². The number of carbonyl (C=O) groups excluding carboxylic acids is 2. The Kier molecular flexibility index (Phi) is 5.47. The number of fused-ring (bicyclic) bond motifs is 1. The van der Waals surface area contributed by atoms with Gasteiger partial charge in [0.25, 0.3) is 5.91 Å². The first-order chi connectivity index (χ1) is 13.6. The van der Waals surface area contributed by atoms with Crippen molar-refractivity contribution < 1.29 is 14.3 Å². The smallest absolute Gasteiger partial charge is 0.409 e. The molecule has 2 saturated heterocycles. The van der Waals surface area contributed by atoms with Crippen LogP contribution in [0, 0.1) is 6.92 Å². The molecule has 1 N–H and O–H groups in total. The van der Waals surface area contributed by atoms with E-state index in [2.05, 4.69) is 5.32 Å². The summed E-state index contributed by atoms with van der Waals surface area (Å²) in [6.07, 6.45) is 4.99. The van der Waals surface area contributed by atoms with Crippen LogP contribution in [-0.2, 0) is 11.3 Å². The molecule has 0 saturated carbocycles. The number of amides is 2. The quantitative estimate of drug-likeness (QED) is 0.768. The predicted molar refractivity (Wildman–Crippen MR) is 104 cm³/mol. The minimum Gasteiger partial charge on any atom is -0.448 e. The number of hydrogen-bond acceptors (Lipinski definition) is 5. The van der Waals surface area contributed by atoms with Crippen molar-refractivity contribution in [3.63, 3.8) is 0 Å². The van der Waals surface area contributed by atoms with Crippen molar-refractivity contribution in [2.24, 2.45) is 0 Å². The van der Waals surface area contributed by atoms with Crippen LogP contribution >= 0.6 is 0 Å². The minimum absolute atomic E-state index is 0.0164. The van der Waals surface area contributed by atoms with Gasteiger partial charge >= 0.3 is 6.09 Å². The van der Waals surface area contributed by atoms with Gasteiger partial charge in [-0.05, 0) is 37.8 Å². The maximum atomic E-state index is 13.1. The number of aromatic nitrogens is 2. The van der Waals surface area contributed by atoms with E-state index in [4.69, 9.17) is 9.72 Å². The Balaban J connectivity index is 1.52. The van der Waals surface area contributed by atoms with E-state index >= 15 is 0 Å². The molecule has 28 heavy (non-hydrogen) atoms. The molecule has 2 amide bonds. The fourth-order valence-electron chi connectivity index (χ4n) is 3.89. The van der Waals surface area contributed by atoms with Gasteiger partial charge in [-0.1, -0.05) is 6.07 Å². The van der Waals surface area contributed by atoms with Gasteiger partial charge in [-0.15, -0.1) is 0 Å². The third-order valence-corrected chi connectivity index (χ3v) is 5.49. The van der Waals surface area contributed by atoms with Gasteiger partial charge in [0.15, 0.2) is 5.69 Å². The number of piperidine rings is 1. The van der Waals surface area contributed by atoms with Crippen LogP contribution in [0.15, 0.2) is 18.3 Å². The summed E-state index contributed by atoms with van der Waals surface area (Å²) in [6.45, 7) is 6.44. The topological polar surface area (TPSA) is 79.2 Å². The first kappa shape index (κ1) is 18.7. The van der Waals surface area contributed by atoms with E-state index < -0.39 is 0 Å². The van der Waals surface area contributed by atoms with Crippen molar-refractivity contribution in [1.29, 1.82) is 0 Å². The molecule has 2 aliphatic rings. The number of carbonyl (C=O) groups is 2. The molecule has 0 radical (unpaired) electrons. The molecule has 0 atom stereocenters. The second-order valence-corrected chi connectivity index (χ2v) is 7.42. The number of nitrogens with one attached hydrogen (secondary N) is 1. The van der Waals surface area contributed by atoms with Crippen LogP contribution < -0.4 is 5.32 Å². The molecule has 0 spiro atoms. The normalized spacial score (nSPS) is 17.4. The summed E-state index contributed by atoms with van der Waals surface area (Å²) in [4.78, 5) is 33.0. The average molecular weight is 385 g/mol. The van der Waals surface area contributed by atoms with Gasteiger partial charge in [0.05, 0.1) is 12.2 Å². The largest absolute Gasteiger partial charge is 0.448 e. The molecule has 2 aromatic heterocycles. The number of likely N-dealkylation sites (tertiary alicyclic amines) is 1. The minimum atomic E-state index is -0.256. The number of cyclic esters (lactones) is 1. The SMILES string of the molecule is Cc1cccn2c(CNCCN3CCOC3=O)c(C(=O)N3CCCCC3)nc12. The number of imidazole rings is 1. The first-order valence-electron chi connectivity index (χ1n) is 10.0. The highest BCUT2D eigenvalue weighted by molar-refractivity contribution is 5.94. The van der Waals surface area contributed by atoms with Crippen molar-refractivity contribution in [2.75, 3.05) is 39.3 Å². The molecule has 0 unspecified atom stereocenters. The molecular weight excluding hydrogens is 358 g/mol. The van der Waals surface area contributed by atoms with Crippen molar-refractivity contribution >= 4 is 17.6 Å². The summed E-state index contributed by atoms with van der Waals surface area (Å²) in [6, 6.07) is 3.98. The van der Waals surface area contributed by atoms with Gasteiger partial charge < -0.3 is 24.3 Å². The molecule has 8 nitrogen and oxygen atoms in total. The molecule has 4 rings (SSSR count). The van der Waals surface area contributed by atoms with Crippen LogP contribution in [0.2, 0.25) is 0 Å². The third kappa shape index (κ3) is 3.69. The molecular formula is C20H27N5O3. The van der Waals surface area contributed by atoms with Crippen LogP contribution in [0.3, 0.4) is 0 Å². The standard InChI is InChI=1S/C20H27N5O3/c1-15-6-5-10-25-16(14-21-7-11-24-12-13-28-20(24)27)17(22-18(15)25)19(26)23-8-3-2-4-9-23/h5-6,10,21H,2-4,7-9,11-14H2,1H3. The first-order valence-corrected chi connectivity index (χ1v) is 10.0. The van der Waals surface area contributed by atoms with Gasteiger partial charge in [0.1, 0.15) is 12.3 Å². The molecule has 0 aromatic carbocycles. The highest BCUT2D eigenvalue weighted by atomic mass is 16.6. The lowest BCUT2D eigenvalue weighted by Gasteiger charge is -2.26. The molecule has 2 aromatic rings. The van der Waals surface area contributed by atoms with Crippen LogP contribution in [-0.4, -0.2) is 70.5 Å². The summed E-state index contributed by atoms with van der Waals surface area (Å²) in [7, 11) is 0. The third-order valence-electron chi connectivity index (χ3n) is 5.49. The Morgan fingerprint density at radius 3 is 2.82 bits per heavy atom. The summed E-state index contributed by atoms with van der Waals surface area (Å²) in [5.74, 6) is 0.0164. The van der Waals surface area contributed by atoms with Gasteiger partial charge in [-0.2, -0.15) is 0 Å². The Morgan fingerprint density at radius 1 is 1.25 bits per heavy atom. The molecule has 4 heterocycles. The van der Waals surface area contributed by atoms with E-state index in [1.54, 1.807) is 4.90 Å². The Hall–Kier alpha value is -2.61. The van der Waals surface area contributed by atoms with Crippen molar-refractivity contribution in [3.05, 3.63) is 35.3 Å². The van der Waals surface area contributed by atoms with Crippen LogP contribution in [0.4, 0.5) is 4.79 Å². The zero-order valence-electron chi connectivity index (χ0n) is 16.3. The number of nitrogens with zero attached hydrogens (tertiary/aromatic N) is 4. The molecule has 2 fully saturated rings. The lowest BCUT2D eigenvalue weighted by Crippen LogP contribution is -2.37. The van der Waals surface area contributed by atoms with Crippen molar-refractivity contribution in [1.82, 2.24) is 24.5 Å².